The van der Waals surface area contributed by atoms with Crippen molar-refractivity contribution in [2.24, 2.45) is 0 Å². The molecule has 7 heteroatoms. The normalized spacial score (nSPS) is 11.3. The number of carbonyl (C=O) groups is 1. The fourth-order valence-electron chi connectivity index (χ4n) is 3.45. The van der Waals surface area contributed by atoms with Crippen LogP contribution in [0.4, 0.5) is 10.1 Å². The Hall–Kier alpha value is -3.19. The van der Waals surface area contributed by atoms with Gasteiger partial charge in [-0.1, -0.05) is 55.0 Å². The van der Waals surface area contributed by atoms with E-state index in [4.69, 9.17) is 0 Å². The average molecular weight is 442 g/mol. The number of unbranched alkanes of at least 4 members (excludes halogenated alkanes) is 2. The van der Waals surface area contributed by atoms with Gasteiger partial charge < -0.3 is 5.11 Å². The van der Waals surface area contributed by atoms with Crippen molar-refractivity contribution in [3.8, 4) is 0 Å². The third kappa shape index (κ3) is 5.92. The van der Waals surface area contributed by atoms with Crippen molar-refractivity contribution in [3.05, 3.63) is 95.3 Å². The topological polar surface area (TPSA) is 83.5 Å². The Kier molecular flexibility index (Phi) is 7.41. The molecule has 0 bridgehead atoms. The van der Waals surface area contributed by atoms with Crippen LogP contribution in [-0.4, -0.2) is 19.5 Å². The minimum atomic E-state index is -4.03. The second-order valence-electron chi connectivity index (χ2n) is 7.22. The number of para-hydroxylation sites is 1. The number of hydrogen-bond donors (Lipinski definition) is 2. The van der Waals surface area contributed by atoms with Gasteiger partial charge in [-0.05, 0) is 61.1 Å². The van der Waals surface area contributed by atoms with Crippen LogP contribution in [0.25, 0.3) is 0 Å². The van der Waals surface area contributed by atoms with Gasteiger partial charge in [0.05, 0.1) is 11.3 Å². The number of aryl methyl sites for hydroxylation is 2. The molecule has 31 heavy (non-hydrogen) atoms. The summed E-state index contributed by atoms with van der Waals surface area (Å²) >= 11 is 0. The molecule has 0 atom stereocenters. The van der Waals surface area contributed by atoms with Gasteiger partial charge >= 0.3 is 5.97 Å². The van der Waals surface area contributed by atoms with Gasteiger partial charge in [0.1, 0.15) is 10.7 Å². The summed E-state index contributed by atoms with van der Waals surface area (Å²) in [7, 11) is -4.03. The number of nitrogens with one attached hydrogen (secondary N) is 1. The van der Waals surface area contributed by atoms with Gasteiger partial charge in [-0.2, -0.15) is 0 Å². The fraction of sp³-hybridized carbons (Fsp3) is 0.208. The molecule has 3 aromatic carbocycles. The van der Waals surface area contributed by atoms with Crippen LogP contribution in [0, 0.1) is 5.82 Å². The Morgan fingerprint density at radius 3 is 2.10 bits per heavy atom. The number of sulfonamides is 1. The molecule has 0 saturated heterocycles. The summed E-state index contributed by atoms with van der Waals surface area (Å²) in [5.41, 5.74) is 2.40. The van der Waals surface area contributed by atoms with Crippen LogP contribution in [0.5, 0.6) is 0 Å². The Balaban J connectivity index is 1.59. The van der Waals surface area contributed by atoms with E-state index >= 15 is 0 Å². The molecule has 0 unspecified atom stereocenters. The number of benzene rings is 3. The van der Waals surface area contributed by atoms with E-state index in [1.165, 1.54) is 18.2 Å². The number of aromatic carboxylic acids is 1. The van der Waals surface area contributed by atoms with Crippen LogP contribution in [0.15, 0.2) is 77.7 Å². The van der Waals surface area contributed by atoms with Crippen molar-refractivity contribution in [1.29, 1.82) is 0 Å². The van der Waals surface area contributed by atoms with E-state index in [1.807, 2.05) is 24.3 Å². The van der Waals surface area contributed by atoms with Gasteiger partial charge in [0.25, 0.3) is 10.0 Å². The summed E-state index contributed by atoms with van der Waals surface area (Å²) in [6.07, 6.45) is 3.82. The highest BCUT2D eigenvalue weighted by atomic mass is 32.2. The number of carboxylic acids is 1. The molecule has 0 radical (unpaired) electrons. The van der Waals surface area contributed by atoms with Crippen molar-refractivity contribution in [2.45, 2.75) is 37.0 Å². The lowest BCUT2D eigenvalue weighted by Crippen LogP contribution is -2.15. The average Bonchev–Trinajstić information content (AvgIpc) is 2.75. The molecule has 162 valence electrons. The molecule has 0 amide bonds. The van der Waals surface area contributed by atoms with Crippen LogP contribution in [0.2, 0.25) is 0 Å². The predicted molar refractivity (Wildman–Crippen MR) is 118 cm³/mol. The van der Waals surface area contributed by atoms with Crippen LogP contribution in [-0.2, 0) is 22.9 Å². The van der Waals surface area contributed by atoms with E-state index in [1.54, 1.807) is 24.3 Å². The molecule has 0 aromatic heterocycles. The molecule has 3 aromatic rings. The standard InChI is InChI=1S/C24H24FNO4S/c25-21-15-7-9-17-23(21)31(29,30)26-22-16-8-5-13-19(22)12-3-1-2-10-18-11-4-6-14-20(18)24(27)28/h4-9,11,13-17,26H,1-3,10,12H2,(H,27,28). The fourth-order valence-corrected chi connectivity index (χ4v) is 4.64. The minimum absolute atomic E-state index is 0.329. The van der Waals surface area contributed by atoms with Gasteiger partial charge in [-0.25, -0.2) is 17.6 Å². The number of halogens is 1. The molecule has 0 saturated carbocycles. The molecule has 0 heterocycles. The van der Waals surface area contributed by atoms with E-state index in [2.05, 4.69) is 4.72 Å². The summed E-state index contributed by atoms with van der Waals surface area (Å²) in [4.78, 5) is 10.9. The van der Waals surface area contributed by atoms with E-state index < -0.39 is 21.8 Å². The Bertz CT molecular complexity index is 1160. The van der Waals surface area contributed by atoms with E-state index in [9.17, 15) is 22.7 Å². The first-order valence-corrected chi connectivity index (χ1v) is 11.5. The molecule has 5 nitrogen and oxygen atoms in total. The van der Waals surface area contributed by atoms with E-state index in [0.717, 1.165) is 36.5 Å². The second kappa shape index (κ2) is 10.2. The number of hydrogen-bond acceptors (Lipinski definition) is 3. The zero-order valence-corrected chi connectivity index (χ0v) is 17.7. The van der Waals surface area contributed by atoms with E-state index in [-0.39, 0.29) is 4.90 Å². The van der Waals surface area contributed by atoms with Crippen LogP contribution >= 0.6 is 0 Å². The first kappa shape index (κ1) is 22.5. The monoisotopic (exact) mass is 441 g/mol. The zero-order chi connectivity index (χ0) is 22.3. The van der Waals surface area contributed by atoms with Crippen LogP contribution < -0.4 is 4.72 Å². The van der Waals surface area contributed by atoms with Crippen molar-refractivity contribution in [1.82, 2.24) is 0 Å². The van der Waals surface area contributed by atoms with E-state index in [0.29, 0.717) is 24.1 Å². The highest BCUT2D eigenvalue weighted by Gasteiger charge is 2.19. The first-order valence-electron chi connectivity index (χ1n) is 10.0. The first-order chi connectivity index (χ1) is 14.9. The second-order valence-corrected chi connectivity index (χ2v) is 8.87. The van der Waals surface area contributed by atoms with Gasteiger partial charge in [-0.3, -0.25) is 4.72 Å². The maximum atomic E-state index is 13.9. The molecule has 3 rings (SSSR count). The third-order valence-electron chi connectivity index (χ3n) is 5.03. The highest BCUT2D eigenvalue weighted by Crippen LogP contribution is 2.23. The van der Waals surface area contributed by atoms with Crippen LogP contribution in [0.3, 0.4) is 0 Å². The number of carboxylic acid groups (broad SMARTS) is 1. The zero-order valence-electron chi connectivity index (χ0n) is 16.9. The Morgan fingerprint density at radius 1 is 0.806 bits per heavy atom. The molecule has 0 aliphatic carbocycles. The molecule has 0 spiro atoms. The molecule has 2 N–H and O–H groups in total. The molecular formula is C24H24FNO4S. The summed E-state index contributed by atoms with van der Waals surface area (Å²) in [5.74, 6) is -1.72. The SMILES string of the molecule is O=C(O)c1ccccc1CCCCCc1ccccc1NS(=O)(=O)c1ccccc1F. The van der Waals surface area contributed by atoms with Crippen molar-refractivity contribution < 1.29 is 22.7 Å². The van der Waals surface area contributed by atoms with Gasteiger partial charge in [0.15, 0.2) is 0 Å². The highest BCUT2D eigenvalue weighted by molar-refractivity contribution is 7.92. The molecule has 0 aliphatic rings. The summed E-state index contributed by atoms with van der Waals surface area (Å²) in [6.45, 7) is 0. The van der Waals surface area contributed by atoms with Gasteiger partial charge in [-0.15, -0.1) is 0 Å². The predicted octanol–water partition coefficient (Wildman–Crippen LogP) is 5.28. The summed E-state index contributed by atoms with van der Waals surface area (Å²) < 4.78 is 41.6. The Morgan fingerprint density at radius 2 is 1.39 bits per heavy atom. The number of rotatable bonds is 10. The number of anilines is 1. The largest absolute Gasteiger partial charge is 0.478 e. The van der Waals surface area contributed by atoms with Gasteiger partial charge in [0, 0.05) is 0 Å². The van der Waals surface area contributed by atoms with Crippen molar-refractivity contribution in [2.75, 3.05) is 4.72 Å². The maximum absolute atomic E-state index is 13.9. The summed E-state index contributed by atoms with van der Waals surface area (Å²) in [5, 5.41) is 9.26. The molecule has 0 aliphatic heterocycles. The maximum Gasteiger partial charge on any atom is 0.335 e. The molecular weight excluding hydrogens is 417 g/mol. The minimum Gasteiger partial charge on any atom is -0.478 e. The smallest absolute Gasteiger partial charge is 0.335 e. The quantitative estimate of drug-likeness (QED) is 0.419. The Labute approximate surface area is 181 Å². The van der Waals surface area contributed by atoms with Crippen molar-refractivity contribution >= 4 is 21.7 Å². The van der Waals surface area contributed by atoms with Gasteiger partial charge in [0.2, 0.25) is 0 Å². The lowest BCUT2D eigenvalue weighted by atomic mass is 9.99. The van der Waals surface area contributed by atoms with Crippen LogP contribution in [0.1, 0.15) is 40.7 Å². The lowest BCUT2D eigenvalue weighted by molar-refractivity contribution is 0.0695. The lowest BCUT2D eigenvalue weighted by Gasteiger charge is -2.13. The molecule has 0 fully saturated rings. The summed E-state index contributed by atoms with van der Waals surface area (Å²) in [6, 6.07) is 19.3. The van der Waals surface area contributed by atoms with Crippen molar-refractivity contribution in [3.63, 3.8) is 0 Å². The third-order valence-corrected chi connectivity index (χ3v) is 6.43.